The SMILES string of the molecule is Cc1nn(C)c2nc(C3CC3)cc(CC#N)c12. The van der Waals surface area contributed by atoms with Crippen molar-refractivity contribution < 1.29 is 0 Å². The molecule has 1 aliphatic carbocycles. The molecule has 0 N–H and O–H groups in total. The third-order valence-corrected chi connectivity index (χ3v) is 3.34. The van der Waals surface area contributed by atoms with Crippen molar-refractivity contribution in [1.29, 1.82) is 5.26 Å². The Morgan fingerprint density at radius 2 is 2.29 bits per heavy atom. The third-order valence-electron chi connectivity index (χ3n) is 3.34. The van der Waals surface area contributed by atoms with E-state index in [1.165, 1.54) is 12.8 Å². The van der Waals surface area contributed by atoms with Crippen molar-refractivity contribution in [3.63, 3.8) is 0 Å². The number of hydrogen-bond donors (Lipinski definition) is 0. The lowest BCUT2D eigenvalue weighted by Crippen LogP contribution is -1.97. The smallest absolute Gasteiger partial charge is 0.158 e. The molecule has 0 radical (unpaired) electrons. The fourth-order valence-electron chi connectivity index (χ4n) is 2.37. The highest BCUT2D eigenvalue weighted by Gasteiger charge is 2.26. The Hall–Kier alpha value is -1.89. The van der Waals surface area contributed by atoms with Gasteiger partial charge in [-0.15, -0.1) is 0 Å². The summed E-state index contributed by atoms with van der Waals surface area (Å²) in [6.45, 7) is 1.97. The molecule has 0 unspecified atom stereocenters. The maximum absolute atomic E-state index is 8.92. The van der Waals surface area contributed by atoms with E-state index < -0.39 is 0 Å². The zero-order valence-corrected chi connectivity index (χ0v) is 10.1. The van der Waals surface area contributed by atoms with Crippen LogP contribution >= 0.6 is 0 Å². The first kappa shape index (κ1) is 10.3. The van der Waals surface area contributed by atoms with Crippen molar-refractivity contribution in [2.24, 2.45) is 7.05 Å². The second kappa shape index (κ2) is 3.56. The van der Waals surface area contributed by atoms with Gasteiger partial charge in [-0.3, -0.25) is 4.68 Å². The molecule has 2 aromatic heterocycles. The number of rotatable bonds is 2. The summed E-state index contributed by atoms with van der Waals surface area (Å²) in [5, 5.41) is 14.4. The van der Waals surface area contributed by atoms with Gasteiger partial charge in [-0.25, -0.2) is 4.98 Å². The number of aromatic nitrogens is 3. The average molecular weight is 226 g/mol. The molecule has 3 rings (SSSR count). The van der Waals surface area contributed by atoms with Crippen LogP contribution in [0.25, 0.3) is 11.0 Å². The molecule has 0 spiro atoms. The third kappa shape index (κ3) is 1.59. The minimum atomic E-state index is 0.436. The highest BCUT2D eigenvalue weighted by Crippen LogP contribution is 2.40. The molecule has 2 heterocycles. The predicted molar refractivity (Wildman–Crippen MR) is 64.5 cm³/mol. The van der Waals surface area contributed by atoms with Crippen LogP contribution in [0.1, 0.15) is 35.7 Å². The second-order valence-electron chi connectivity index (χ2n) is 4.72. The van der Waals surface area contributed by atoms with Crippen molar-refractivity contribution >= 4 is 11.0 Å². The summed E-state index contributed by atoms with van der Waals surface area (Å²) in [5.41, 5.74) is 4.08. The van der Waals surface area contributed by atoms with E-state index in [0.29, 0.717) is 12.3 Å². The number of fused-ring (bicyclic) bond motifs is 1. The average Bonchev–Trinajstić information content (AvgIpc) is 3.08. The molecule has 4 heteroatoms. The molecule has 0 atom stereocenters. The van der Waals surface area contributed by atoms with Crippen LogP contribution in [0.4, 0.5) is 0 Å². The van der Waals surface area contributed by atoms with Gasteiger partial charge in [0.05, 0.1) is 18.2 Å². The zero-order valence-electron chi connectivity index (χ0n) is 10.1. The fraction of sp³-hybridized carbons (Fsp3) is 0.462. The van der Waals surface area contributed by atoms with Crippen LogP contribution in [0.5, 0.6) is 0 Å². The topological polar surface area (TPSA) is 54.5 Å². The highest BCUT2D eigenvalue weighted by atomic mass is 15.3. The summed E-state index contributed by atoms with van der Waals surface area (Å²) < 4.78 is 1.82. The largest absolute Gasteiger partial charge is 0.250 e. The fourth-order valence-corrected chi connectivity index (χ4v) is 2.37. The lowest BCUT2D eigenvalue weighted by atomic mass is 10.1. The van der Waals surface area contributed by atoms with E-state index in [-0.39, 0.29) is 0 Å². The molecule has 0 bridgehead atoms. The maximum Gasteiger partial charge on any atom is 0.158 e. The summed E-state index contributed by atoms with van der Waals surface area (Å²) in [4.78, 5) is 4.69. The van der Waals surface area contributed by atoms with Crippen LogP contribution in [0, 0.1) is 18.3 Å². The van der Waals surface area contributed by atoms with Gasteiger partial charge in [0.25, 0.3) is 0 Å². The van der Waals surface area contributed by atoms with E-state index in [1.54, 1.807) is 0 Å². The second-order valence-corrected chi connectivity index (χ2v) is 4.72. The molecule has 1 fully saturated rings. The van der Waals surface area contributed by atoms with Crippen LogP contribution in [0.3, 0.4) is 0 Å². The Bertz CT molecular complexity index is 629. The highest BCUT2D eigenvalue weighted by molar-refractivity contribution is 5.82. The molecule has 4 nitrogen and oxygen atoms in total. The first-order valence-electron chi connectivity index (χ1n) is 5.90. The van der Waals surface area contributed by atoms with Crippen molar-refractivity contribution in [2.75, 3.05) is 0 Å². The Labute approximate surface area is 99.9 Å². The molecule has 2 aromatic rings. The summed E-state index contributed by atoms with van der Waals surface area (Å²) in [5.74, 6) is 0.604. The Morgan fingerprint density at radius 1 is 1.53 bits per heavy atom. The van der Waals surface area contributed by atoms with Crippen LogP contribution in [0.2, 0.25) is 0 Å². The monoisotopic (exact) mass is 226 g/mol. The van der Waals surface area contributed by atoms with Gasteiger partial charge in [0, 0.05) is 24.0 Å². The summed E-state index contributed by atoms with van der Waals surface area (Å²) in [7, 11) is 1.91. The molecule has 0 saturated heterocycles. The minimum Gasteiger partial charge on any atom is -0.250 e. The number of nitrogens with zero attached hydrogens (tertiary/aromatic N) is 4. The van der Waals surface area contributed by atoms with Gasteiger partial charge in [-0.2, -0.15) is 10.4 Å². The Balaban J connectivity index is 2.29. The molecule has 86 valence electrons. The van der Waals surface area contributed by atoms with Gasteiger partial charge in [-0.05, 0) is 31.4 Å². The van der Waals surface area contributed by atoms with Crippen molar-refractivity contribution in [3.8, 4) is 6.07 Å². The molecular weight excluding hydrogens is 212 g/mol. The van der Waals surface area contributed by atoms with Gasteiger partial charge in [0.15, 0.2) is 5.65 Å². The molecule has 0 aromatic carbocycles. The number of hydrogen-bond acceptors (Lipinski definition) is 3. The standard InChI is InChI=1S/C13H14N4/c1-8-12-10(5-6-14)7-11(9-3-4-9)15-13(12)17(2)16-8/h7,9H,3-5H2,1-2H3. The maximum atomic E-state index is 8.92. The lowest BCUT2D eigenvalue weighted by Gasteiger charge is -2.04. The van der Waals surface area contributed by atoms with Crippen LogP contribution in [-0.2, 0) is 13.5 Å². The van der Waals surface area contributed by atoms with Gasteiger partial charge in [-0.1, -0.05) is 0 Å². The van der Waals surface area contributed by atoms with E-state index in [1.807, 2.05) is 18.7 Å². The van der Waals surface area contributed by atoms with Crippen LogP contribution in [0.15, 0.2) is 6.07 Å². The first-order valence-corrected chi connectivity index (χ1v) is 5.90. The normalized spacial score (nSPS) is 15.1. The van der Waals surface area contributed by atoms with E-state index >= 15 is 0 Å². The van der Waals surface area contributed by atoms with Crippen molar-refractivity contribution in [2.45, 2.75) is 32.1 Å². The number of aryl methyl sites for hydroxylation is 2. The van der Waals surface area contributed by atoms with Gasteiger partial charge in [0.1, 0.15) is 0 Å². The van der Waals surface area contributed by atoms with E-state index in [0.717, 1.165) is 28.0 Å². The number of nitriles is 1. The first-order chi connectivity index (χ1) is 8.20. The van der Waals surface area contributed by atoms with E-state index in [4.69, 9.17) is 10.2 Å². The Kier molecular flexibility index (Phi) is 2.15. The number of pyridine rings is 1. The van der Waals surface area contributed by atoms with Gasteiger partial charge < -0.3 is 0 Å². The summed E-state index contributed by atoms with van der Waals surface area (Å²) in [6.07, 6.45) is 2.88. The molecule has 0 amide bonds. The van der Waals surface area contributed by atoms with Crippen molar-refractivity contribution in [1.82, 2.24) is 14.8 Å². The van der Waals surface area contributed by atoms with Gasteiger partial charge in [0.2, 0.25) is 0 Å². The molecule has 1 aliphatic rings. The predicted octanol–water partition coefficient (Wildman–Crippen LogP) is 2.22. The molecule has 17 heavy (non-hydrogen) atoms. The quantitative estimate of drug-likeness (QED) is 0.789. The van der Waals surface area contributed by atoms with E-state index in [2.05, 4.69) is 17.2 Å². The molecule has 1 saturated carbocycles. The minimum absolute atomic E-state index is 0.436. The van der Waals surface area contributed by atoms with Gasteiger partial charge >= 0.3 is 0 Å². The summed E-state index contributed by atoms with van der Waals surface area (Å²) in [6, 6.07) is 4.33. The Morgan fingerprint density at radius 3 is 2.94 bits per heavy atom. The lowest BCUT2D eigenvalue weighted by molar-refractivity contribution is 0.770. The van der Waals surface area contributed by atoms with Crippen LogP contribution in [-0.4, -0.2) is 14.8 Å². The summed E-state index contributed by atoms with van der Waals surface area (Å²) >= 11 is 0. The van der Waals surface area contributed by atoms with Crippen LogP contribution < -0.4 is 0 Å². The molecular formula is C13H14N4. The van der Waals surface area contributed by atoms with Crippen molar-refractivity contribution in [3.05, 3.63) is 23.0 Å². The molecule has 0 aliphatic heterocycles. The zero-order chi connectivity index (χ0) is 12.0. The van der Waals surface area contributed by atoms with E-state index in [9.17, 15) is 0 Å².